The van der Waals surface area contributed by atoms with E-state index in [4.69, 9.17) is 0 Å². The van der Waals surface area contributed by atoms with Crippen molar-refractivity contribution in [3.8, 4) is 0 Å². The van der Waals surface area contributed by atoms with Crippen LogP contribution in [0.4, 0.5) is 11.6 Å². The molecular formula is C19H24N4O3S. The predicted molar refractivity (Wildman–Crippen MR) is 105 cm³/mol. The van der Waals surface area contributed by atoms with Gasteiger partial charge in [0.2, 0.25) is 5.95 Å². The van der Waals surface area contributed by atoms with E-state index in [0.29, 0.717) is 17.9 Å². The highest BCUT2D eigenvalue weighted by molar-refractivity contribution is 7.91. The maximum Gasteiger partial charge on any atom is 0.254 e. The van der Waals surface area contributed by atoms with Gasteiger partial charge in [-0.1, -0.05) is 39.0 Å². The van der Waals surface area contributed by atoms with Crippen molar-refractivity contribution >= 4 is 27.4 Å². The maximum atomic E-state index is 12.3. The van der Waals surface area contributed by atoms with E-state index in [1.165, 1.54) is 12.4 Å². The molecule has 0 spiro atoms. The Hall–Kier alpha value is -2.48. The van der Waals surface area contributed by atoms with Crippen molar-refractivity contribution in [2.45, 2.75) is 38.6 Å². The number of hydrogen-bond donors (Lipinski definition) is 2. The van der Waals surface area contributed by atoms with Crippen LogP contribution in [0.2, 0.25) is 0 Å². The van der Waals surface area contributed by atoms with Gasteiger partial charge in [-0.2, -0.15) is 0 Å². The predicted octanol–water partition coefficient (Wildman–Crippen LogP) is 2.43. The number of hydrogen-bond acceptors (Lipinski definition) is 6. The van der Waals surface area contributed by atoms with Gasteiger partial charge >= 0.3 is 0 Å². The summed E-state index contributed by atoms with van der Waals surface area (Å²) in [6.07, 6.45) is 3.32. The molecular weight excluding hydrogens is 364 g/mol. The Bertz CT molecular complexity index is 934. The zero-order chi connectivity index (χ0) is 19.7. The van der Waals surface area contributed by atoms with E-state index in [0.717, 1.165) is 11.3 Å². The van der Waals surface area contributed by atoms with Crippen molar-refractivity contribution in [2.24, 2.45) is 0 Å². The zero-order valence-electron chi connectivity index (χ0n) is 15.7. The van der Waals surface area contributed by atoms with Crippen LogP contribution in [0.25, 0.3) is 0 Å². The van der Waals surface area contributed by atoms with Gasteiger partial charge in [-0.15, -0.1) is 0 Å². The van der Waals surface area contributed by atoms with Crippen LogP contribution in [0, 0.1) is 0 Å². The normalized spacial score (nSPS) is 18.9. The number of anilines is 2. The van der Waals surface area contributed by atoms with Crippen molar-refractivity contribution in [3.05, 3.63) is 47.8 Å². The molecule has 1 saturated heterocycles. The van der Waals surface area contributed by atoms with Gasteiger partial charge in [-0.3, -0.25) is 4.79 Å². The minimum absolute atomic E-state index is 0.0111. The highest BCUT2D eigenvalue weighted by atomic mass is 32.2. The summed E-state index contributed by atoms with van der Waals surface area (Å²) >= 11 is 0. The van der Waals surface area contributed by atoms with E-state index in [1.54, 1.807) is 0 Å². The van der Waals surface area contributed by atoms with Crippen LogP contribution >= 0.6 is 0 Å². The molecule has 1 fully saturated rings. The topological polar surface area (TPSA) is 101 Å². The van der Waals surface area contributed by atoms with Gasteiger partial charge in [0.05, 0.1) is 17.1 Å². The third-order valence-electron chi connectivity index (χ3n) is 4.46. The van der Waals surface area contributed by atoms with E-state index >= 15 is 0 Å². The number of aromatic nitrogens is 2. The minimum Gasteiger partial charge on any atom is -0.348 e. The molecule has 2 heterocycles. The summed E-state index contributed by atoms with van der Waals surface area (Å²) in [7, 11) is -3.04. The number of carbonyl (C=O) groups is 1. The summed E-state index contributed by atoms with van der Waals surface area (Å²) in [4.78, 5) is 20.7. The second-order valence-electron chi connectivity index (χ2n) is 7.79. The molecule has 2 N–H and O–H groups in total. The quantitative estimate of drug-likeness (QED) is 0.834. The van der Waals surface area contributed by atoms with Crippen LogP contribution in [-0.2, 0) is 15.3 Å². The number of amides is 1. The smallest absolute Gasteiger partial charge is 0.254 e. The van der Waals surface area contributed by atoms with Gasteiger partial charge in [0.15, 0.2) is 9.84 Å². The fraction of sp³-hybridized carbons (Fsp3) is 0.421. The first-order chi connectivity index (χ1) is 12.6. The molecule has 3 rings (SSSR count). The van der Waals surface area contributed by atoms with E-state index in [1.807, 2.05) is 18.2 Å². The van der Waals surface area contributed by atoms with Crippen molar-refractivity contribution < 1.29 is 13.2 Å². The molecule has 7 nitrogen and oxygen atoms in total. The number of carbonyl (C=O) groups excluding carboxylic acids is 1. The lowest BCUT2D eigenvalue weighted by molar-refractivity contribution is 0.0940. The molecule has 0 saturated carbocycles. The molecule has 1 atom stereocenters. The largest absolute Gasteiger partial charge is 0.348 e. The fourth-order valence-electron chi connectivity index (χ4n) is 3.05. The third kappa shape index (κ3) is 4.82. The minimum atomic E-state index is -3.04. The highest BCUT2D eigenvalue weighted by Crippen LogP contribution is 2.30. The lowest BCUT2D eigenvalue weighted by Gasteiger charge is -2.22. The summed E-state index contributed by atoms with van der Waals surface area (Å²) in [5.41, 5.74) is 2.32. The van der Waals surface area contributed by atoms with E-state index in [2.05, 4.69) is 47.4 Å². The number of sulfone groups is 1. The molecule has 1 aliphatic heterocycles. The van der Waals surface area contributed by atoms with Gasteiger partial charge in [0.25, 0.3) is 5.91 Å². The molecule has 27 heavy (non-hydrogen) atoms. The van der Waals surface area contributed by atoms with Crippen LogP contribution < -0.4 is 10.6 Å². The second-order valence-corrected chi connectivity index (χ2v) is 10.0. The molecule has 0 bridgehead atoms. The van der Waals surface area contributed by atoms with Crippen molar-refractivity contribution in [1.82, 2.24) is 15.3 Å². The van der Waals surface area contributed by atoms with Crippen LogP contribution in [0.3, 0.4) is 0 Å². The molecule has 1 aliphatic rings. The zero-order valence-corrected chi connectivity index (χ0v) is 16.5. The lowest BCUT2D eigenvalue weighted by atomic mass is 9.86. The van der Waals surface area contributed by atoms with Crippen LogP contribution in [0.1, 0.15) is 43.1 Å². The van der Waals surface area contributed by atoms with Crippen molar-refractivity contribution in [2.75, 3.05) is 16.8 Å². The van der Waals surface area contributed by atoms with Gasteiger partial charge < -0.3 is 10.6 Å². The second kappa shape index (κ2) is 7.26. The van der Waals surface area contributed by atoms with Gasteiger partial charge in [-0.25, -0.2) is 18.4 Å². The molecule has 0 radical (unpaired) electrons. The first-order valence-corrected chi connectivity index (χ1v) is 10.7. The van der Waals surface area contributed by atoms with Gasteiger partial charge in [-0.05, 0) is 23.5 Å². The van der Waals surface area contributed by atoms with Crippen LogP contribution in [0.15, 0.2) is 36.7 Å². The molecule has 2 aromatic rings. The molecule has 0 aliphatic carbocycles. The summed E-state index contributed by atoms with van der Waals surface area (Å²) in [5.74, 6) is 0.137. The lowest BCUT2D eigenvalue weighted by Crippen LogP contribution is -2.35. The first kappa shape index (κ1) is 19.3. The Balaban J connectivity index is 1.69. The van der Waals surface area contributed by atoms with Gasteiger partial charge in [0.1, 0.15) is 0 Å². The third-order valence-corrected chi connectivity index (χ3v) is 6.23. The standard InChI is InChI=1S/C19H24N4O3S/c1-19(2,3)15-6-4-5-7-16(15)23-18-20-10-13(11-21-18)17(24)22-14-8-9-27(25,26)12-14/h4-7,10-11,14H,8-9,12H2,1-3H3,(H,22,24)(H,20,21,23). The Morgan fingerprint density at radius 1 is 1.15 bits per heavy atom. The average molecular weight is 388 g/mol. The number of rotatable bonds is 4. The van der Waals surface area contributed by atoms with E-state index in [9.17, 15) is 13.2 Å². The molecule has 1 aromatic heterocycles. The fourth-order valence-corrected chi connectivity index (χ4v) is 4.73. The number of nitrogens with zero attached hydrogens (tertiary/aromatic N) is 2. The van der Waals surface area contributed by atoms with Crippen molar-refractivity contribution in [3.63, 3.8) is 0 Å². The monoisotopic (exact) mass is 388 g/mol. The Labute approximate surface area is 159 Å². The Morgan fingerprint density at radius 2 is 1.81 bits per heavy atom. The SMILES string of the molecule is CC(C)(C)c1ccccc1Nc1ncc(C(=O)NC2CCS(=O)(=O)C2)cn1. The van der Waals surface area contributed by atoms with Crippen LogP contribution in [0.5, 0.6) is 0 Å². The summed E-state index contributed by atoms with van der Waals surface area (Å²) in [6.45, 7) is 6.39. The molecule has 1 aromatic carbocycles. The molecule has 144 valence electrons. The molecule has 1 unspecified atom stereocenters. The summed E-state index contributed by atoms with van der Waals surface area (Å²) < 4.78 is 23.0. The molecule has 8 heteroatoms. The van der Waals surface area contributed by atoms with Crippen LogP contribution in [-0.4, -0.2) is 41.8 Å². The van der Waals surface area contributed by atoms with Crippen molar-refractivity contribution in [1.29, 1.82) is 0 Å². The summed E-state index contributed by atoms with van der Waals surface area (Å²) in [6, 6.07) is 7.60. The highest BCUT2D eigenvalue weighted by Gasteiger charge is 2.29. The maximum absolute atomic E-state index is 12.3. The number of benzene rings is 1. The first-order valence-electron chi connectivity index (χ1n) is 8.84. The number of para-hydroxylation sites is 1. The van der Waals surface area contributed by atoms with E-state index in [-0.39, 0.29) is 28.9 Å². The summed E-state index contributed by atoms with van der Waals surface area (Å²) in [5, 5.41) is 5.93. The number of nitrogens with one attached hydrogen (secondary N) is 2. The molecule has 1 amide bonds. The average Bonchev–Trinajstić information content (AvgIpc) is 2.93. The van der Waals surface area contributed by atoms with Gasteiger partial charge in [0, 0.05) is 24.1 Å². The van der Waals surface area contributed by atoms with E-state index < -0.39 is 9.84 Å². The Morgan fingerprint density at radius 3 is 2.41 bits per heavy atom. The Kier molecular flexibility index (Phi) is 5.19.